The van der Waals surface area contributed by atoms with Crippen molar-refractivity contribution in [2.75, 3.05) is 0 Å². The lowest BCUT2D eigenvalue weighted by Crippen LogP contribution is -2.09. The molecule has 0 bridgehead atoms. The van der Waals surface area contributed by atoms with Gasteiger partial charge in [-0.25, -0.2) is 0 Å². The van der Waals surface area contributed by atoms with Crippen LogP contribution in [0.3, 0.4) is 0 Å². The van der Waals surface area contributed by atoms with Crippen molar-refractivity contribution in [3.8, 4) is 6.07 Å². The molecule has 3 heteroatoms. The topological polar surface area (TPSA) is 65.6 Å². The van der Waals surface area contributed by atoms with Crippen LogP contribution in [0.2, 0.25) is 0 Å². The quantitative estimate of drug-likeness (QED) is 0.664. The summed E-state index contributed by atoms with van der Waals surface area (Å²) in [6, 6.07) is 3.81. The first-order valence-corrected chi connectivity index (χ1v) is 3.52. The highest BCUT2D eigenvalue weighted by Gasteiger charge is 2.07. The summed E-state index contributed by atoms with van der Waals surface area (Å²) >= 11 is 0. The van der Waals surface area contributed by atoms with E-state index >= 15 is 0 Å². The summed E-state index contributed by atoms with van der Waals surface area (Å²) in [5.74, 6) is 0. The molecule has 0 aromatic carbocycles. The van der Waals surface area contributed by atoms with Crippen LogP contribution in [0.25, 0.3) is 0 Å². The van der Waals surface area contributed by atoms with Crippen molar-refractivity contribution >= 4 is 0 Å². The third kappa shape index (κ3) is 1.60. The average molecular weight is 149 g/mol. The minimum Gasteiger partial charge on any atom is -0.365 e. The van der Waals surface area contributed by atoms with E-state index in [1.807, 2.05) is 25.3 Å². The van der Waals surface area contributed by atoms with E-state index in [-0.39, 0.29) is 6.04 Å². The molecule has 1 atom stereocenters. The van der Waals surface area contributed by atoms with Crippen molar-refractivity contribution in [1.82, 2.24) is 4.98 Å². The zero-order chi connectivity index (χ0) is 8.27. The molecule has 1 heterocycles. The van der Waals surface area contributed by atoms with Gasteiger partial charge in [0.15, 0.2) is 0 Å². The summed E-state index contributed by atoms with van der Waals surface area (Å²) in [5.41, 5.74) is 7.79. The summed E-state index contributed by atoms with van der Waals surface area (Å²) < 4.78 is 0. The number of H-pyrrole nitrogens is 1. The molecule has 0 aliphatic rings. The van der Waals surface area contributed by atoms with Crippen molar-refractivity contribution in [1.29, 1.82) is 5.26 Å². The highest BCUT2D eigenvalue weighted by molar-refractivity contribution is 5.23. The number of aromatic nitrogens is 1. The summed E-state index contributed by atoms with van der Waals surface area (Å²) in [4.78, 5) is 3.02. The molecule has 1 aromatic heterocycles. The average Bonchev–Trinajstić information content (AvgIpc) is 2.36. The molecule has 0 saturated heterocycles. The molecule has 11 heavy (non-hydrogen) atoms. The molecule has 0 aliphatic carbocycles. The third-order valence-corrected chi connectivity index (χ3v) is 1.71. The largest absolute Gasteiger partial charge is 0.365 e. The lowest BCUT2D eigenvalue weighted by molar-refractivity contribution is 0.743. The number of aryl methyl sites for hydroxylation is 1. The van der Waals surface area contributed by atoms with E-state index in [2.05, 4.69) is 4.98 Å². The first kappa shape index (κ1) is 7.83. The van der Waals surface area contributed by atoms with Crippen LogP contribution >= 0.6 is 0 Å². The molecule has 58 valence electrons. The SMILES string of the molecule is Cc1[nH]ccc1C(N)CC#N. The molecule has 0 spiro atoms. The van der Waals surface area contributed by atoms with Gasteiger partial charge in [0.05, 0.1) is 12.5 Å². The van der Waals surface area contributed by atoms with E-state index in [9.17, 15) is 0 Å². The van der Waals surface area contributed by atoms with Crippen LogP contribution in [-0.4, -0.2) is 4.98 Å². The lowest BCUT2D eigenvalue weighted by Gasteiger charge is -2.05. The predicted molar refractivity (Wildman–Crippen MR) is 42.7 cm³/mol. The van der Waals surface area contributed by atoms with E-state index in [1.165, 1.54) is 0 Å². The van der Waals surface area contributed by atoms with Gasteiger partial charge in [-0.2, -0.15) is 5.26 Å². The standard InChI is InChI=1S/C8H11N3/c1-6-7(3-5-11-6)8(10)2-4-9/h3,5,8,11H,2,10H2,1H3. The zero-order valence-corrected chi connectivity index (χ0v) is 6.46. The number of aromatic amines is 1. The minimum absolute atomic E-state index is 0.147. The lowest BCUT2D eigenvalue weighted by atomic mass is 10.1. The number of hydrogen-bond donors (Lipinski definition) is 2. The second-order valence-electron chi connectivity index (χ2n) is 2.53. The van der Waals surface area contributed by atoms with Gasteiger partial charge < -0.3 is 10.7 Å². The first-order valence-electron chi connectivity index (χ1n) is 3.52. The van der Waals surface area contributed by atoms with Crippen LogP contribution in [0.4, 0.5) is 0 Å². The Hall–Kier alpha value is -1.27. The van der Waals surface area contributed by atoms with E-state index in [4.69, 9.17) is 11.0 Å². The smallest absolute Gasteiger partial charge is 0.0641 e. The van der Waals surface area contributed by atoms with Gasteiger partial charge in [-0.1, -0.05) is 0 Å². The Kier molecular flexibility index (Phi) is 2.29. The Balaban J connectivity index is 2.77. The van der Waals surface area contributed by atoms with Gasteiger partial charge >= 0.3 is 0 Å². The number of nitrogens with zero attached hydrogens (tertiary/aromatic N) is 1. The van der Waals surface area contributed by atoms with Crippen molar-refractivity contribution in [3.63, 3.8) is 0 Å². The van der Waals surface area contributed by atoms with Gasteiger partial charge in [-0.3, -0.25) is 0 Å². The Morgan fingerprint density at radius 2 is 2.55 bits per heavy atom. The number of nitrogens with one attached hydrogen (secondary N) is 1. The van der Waals surface area contributed by atoms with Gasteiger partial charge in [0, 0.05) is 17.9 Å². The van der Waals surface area contributed by atoms with Crippen LogP contribution in [0.5, 0.6) is 0 Å². The summed E-state index contributed by atoms with van der Waals surface area (Å²) in [6.07, 6.45) is 2.21. The van der Waals surface area contributed by atoms with Gasteiger partial charge in [-0.15, -0.1) is 0 Å². The molecule has 1 unspecified atom stereocenters. The van der Waals surface area contributed by atoms with Crippen molar-refractivity contribution in [3.05, 3.63) is 23.5 Å². The number of nitriles is 1. The van der Waals surface area contributed by atoms with Crippen LogP contribution in [-0.2, 0) is 0 Å². The highest BCUT2D eigenvalue weighted by atomic mass is 14.7. The van der Waals surface area contributed by atoms with Crippen molar-refractivity contribution in [2.45, 2.75) is 19.4 Å². The fourth-order valence-corrected chi connectivity index (χ4v) is 1.07. The molecule has 0 fully saturated rings. The molecule has 1 aromatic rings. The van der Waals surface area contributed by atoms with Crippen LogP contribution in [0, 0.1) is 18.3 Å². The summed E-state index contributed by atoms with van der Waals surface area (Å²) in [6.45, 7) is 1.95. The molecule has 3 N–H and O–H groups in total. The monoisotopic (exact) mass is 149 g/mol. The van der Waals surface area contributed by atoms with Crippen molar-refractivity contribution in [2.24, 2.45) is 5.73 Å². The Labute approximate surface area is 65.8 Å². The first-order chi connectivity index (χ1) is 5.25. The Morgan fingerprint density at radius 3 is 3.00 bits per heavy atom. The molecule has 0 saturated carbocycles. The maximum Gasteiger partial charge on any atom is 0.0641 e. The number of hydrogen-bond acceptors (Lipinski definition) is 2. The van der Waals surface area contributed by atoms with E-state index in [1.54, 1.807) is 0 Å². The molecule has 0 amide bonds. The molecule has 3 nitrogen and oxygen atoms in total. The number of nitrogens with two attached hydrogens (primary N) is 1. The van der Waals surface area contributed by atoms with Gasteiger partial charge in [0.1, 0.15) is 0 Å². The minimum atomic E-state index is -0.147. The maximum absolute atomic E-state index is 8.39. The van der Waals surface area contributed by atoms with Crippen LogP contribution in [0.1, 0.15) is 23.7 Å². The van der Waals surface area contributed by atoms with E-state index in [0.717, 1.165) is 11.3 Å². The fourth-order valence-electron chi connectivity index (χ4n) is 1.07. The number of rotatable bonds is 2. The second-order valence-corrected chi connectivity index (χ2v) is 2.53. The van der Waals surface area contributed by atoms with Crippen LogP contribution < -0.4 is 5.73 Å². The third-order valence-electron chi connectivity index (χ3n) is 1.71. The Morgan fingerprint density at radius 1 is 1.82 bits per heavy atom. The molecular weight excluding hydrogens is 138 g/mol. The Bertz CT molecular complexity index is 269. The predicted octanol–water partition coefficient (Wildman–Crippen LogP) is 1.24. The van der Waals surface area contributed by atoms with Gasteiger partial charge in [-0.05, 0) is 18.6 Å². The second kappa shape index (κ2) is 3.22. The molecular formula is C8H11N3. The highest BCUT2D eigenvalue weighted by Crippen LogP contribution is 2.15. The van der Waals surface area contributed by atoms with Gasteiger partial charge in [0.2, 0.25) is 0 Å². The van der Waals surface area contributed by atoms with E-state index < -0.39 is 0 Å². The molecule has 0 radical (unpaired) electrons. The van der Waals surface area contributed by atoms with E-state index in [0.29, 0.717) is 6.42 Å². The summed E-state index contributed by atoms with van der Waals surface area (Å²) in [7, 11) is 0. The summed E-state index contributed by atoms with van der Waals surface area (Å²) in [5, 5.41) is 8.39. The molecule has 0 aliphatic heterocycles. The normalized spacial score (nSPS) is 12.5. The maximum atomic E-state index is 8.39. The van der Waals surface area contributed by atoms with Crippen molar-refractivity contribution < 1.29 is 0 Å². The fraction of sp³-hybridized carbons (Fsp3) is 0.375. The molecule has 1 rings (SSSR count). The van der Waals surface area contributed by atoms with Crippen LogP contribution in [0.15, 0.2) is 12.3 Å². The zero-order valence-electron chi connectivity index (χ0n) is 6.46. The van der Waals surface area contributed by atoms with Gasteiger partial charge in [0.25, 0.3) is 0 Å².